The average Bonchev–Trinajstić information content (AvgIpc) is 3.07. The van der Waals surface area contributed by atoms with Crippen LogP contribution in [0.25, 0.3) is 11.1 Å². The predicted octanol–water partition coefficient (Wildman–Crippen LogP) is 4.31. The van der Waals surface area contributed by atoms with Gasteiger partial charge in [-0.1, -0.05) is 93.6 Å². The van der Waals surface area contributed by atoms with Gasteiger partial charge >= 0.3 is 0 Å². The Balaban J connectivity index is 1.57. The van der Waals surface area contributed by atoms with E-state index in [0.29, 0.717) is 6.42 Å². The maximum Gasteiger partial charge on any atom is 0.240 e. The third-order valence-electron chi connectivity index (χ3n) is 6.02. The maximum absolute atomic E-state index is 13.3. The molecule has 158 valence electrons. The van der Waals surface area contributed by atoms with E-state index in [2.05, 4.69) is 38.2 Å². The second kappa shape index (κ2) is 8.03. The Labute approximate surface area is 183 Å². The van der Waals surface area contributed by atoms with Crippen LogP contribution in [0.2, 0.25) is 0 Å². The molecule has 0 aliphatic heterocycles. The lowest BCUT2D eigenvalue weighted by molar-refractivity contribution is -0.127. The first kappa shape index (κ1) is 20.9. The molecule has 1 aliphatic carbocycles. The van der Waals surface area contributed by atoms with Crippen molar-refractivity contribution in [2.24, 2.45) is 5.73 Å². The van der Waals surface area contributed by atoms with E-state index < -0.39 is 17.9 Å². The predicted molar refractivity (Wildman–Crippen MR) is 124 cm³/mol. The number of amides is 2. The fourth-order valence-corrected chi connectivity index (χ4v) is 4.29. The molecule has 4 heteroatoms. The van der Waals surface area contributed by atoms with Crippen molar-refractivity contribution in [2.75, 3.05) is 0 Å². The van der Waals surface area contributed by atoms with Crippen LogP contribution in [0.15, 0.2) is 72.8 Å². The van der Waals surface area contributed by atoms with Crippen LogP contribution in [0.5, 0.6) is 0 Å². The van der Waals surface area contributed by atoms with Gasteiger partial charge in [0.05, 0.1) is 5.92 Å². The van der Waals surface area contributed by atoms with Crippen LogP contribution in [0.1, 0.15) is 48.9 Å². The zero-order chi connectivity index (χ0) is 22.2. The zero-order valence-electron chi connectivity index (χ0n) is 18.2. The summed E-state index contributed by atoms with van der Waals surface area (Å²) >= 11 is 0. The molecule has 3 N–H and O–H groups in total. The summed E-state index contributed by atoms with van der Waals surface area (Å²) < 4.78 is 0. The van der Waals surface area contributed by atoms with Crippen LogP contribution in [0.3, 0.4) is 0 Å². The lowest BCUT2D eigenvalue weighted by atomic mass is 9.86. The first-order chi connectivity index (χ1) is 14.8. The van der Waals surface area contributed by atoms with Gasteiger partial charge in [0.25, 0.3) is 0 Å². The molecular weight excluding hydrogens is 384 g/mol. The van der Waals surface area contributed by atoms with Gasteiger partial charge in [-0.25, -0.2) is 0 Å². The summed E-state index contributed by atoms with van der Waals surface area (Å²) in [5, 5.41) is 2.92. The molecule has 0 spiro atoms. The Bertz CT molecular complexity index is 1080. The van der Waals surface area contributed by atoms with Gasteiger partial charge in [0.1, 0.15) is 6.04 Å². The largest absolute Gasteiger partial charge is 0.368 e. The van der Waals surface area contributed by atoms with Crippen LogP contribution in [0, 0.1) is 0 Å². The molecule has 31 heavy (non-hydrogen) atoms. The molecule has 4 rings (SSSR count). The normalized spacial score (nSPS) is 13.9. The van der Waals surface area contributed by atoms with Crippen LogP contribution in [-0.4, -0.2) is 17.9 Å². The van der Waals surface area contributed by atoms with E-state index in [9.17, 15) is 9.59 Å². The summed E-state index contributed by atoms with van der Waals surface area (Å²) in [5.41, 5.74) is 11.9. The summed E-state index contributed by atoms with van der Waals surface area (Å²) in [4.78, 5) is 25.5. The van der Waals surface area contributed by atoms with Crippen LogP contribution < -0.4 is 11.1 Å². The molecular formula is C27H28N2O2. The number of nitrogens with two attached hydrogens (primary N) is 1. The Kier molecular flexibility index (Phi) is 5.40. The molecule has 0 saturated carbocycles. The molecule has 4 nitrogen and oxygen atoms in total. The number of hydrogen-bond acceptors (Lipinski definition) is 2. The van der Waals surface area contributed by atoms with E-state index in [0.717, 1.165) is 27.8 Å². The van der Waals surface area contributed by atoms with E-state index in [4.69, 9.17) is 5.73 Å². The highest BCUT2D eigenvalue weighted by atomic mass is 16.2. The summed E-state index contributed by atoms with van der Waals surface area (Å²) in [6.45, 7) is 6.48. The van der Waals surface area contributed by atoms with Crippen molar-refractivity contribution in [2.45, 2.75) is 44.6 Å². The second-order valence-corrected chi connectivity index (χ2v) is 9.22. The van der Waals surface area contributed by atoms with Crippen molar-refractivity contribution in [3.8, 4) is 11.1 Å². The van der Waals surface area contributed by atoms with Gasteiger partial charge in [-0.2, -0.15) is 0 Å². The zero-order valence-corrected chi connectivity index (χ0v) is 18.2. The molecule has 3 aromatic rings. The highest BCUT2D eigenvalue weighted by Crippen LogP contribution is 2.44. The first-order valence-corrected chi connectivity index (χ1v) is 10.6. The summed E-state index contributed by atoms with van der Waals surface area (Å²) in [6.07, 6.45) is 0.363. The number of fused-ring (bicyclic) bond motifs is 3. The van der Waals surface area contributed by atoms with E-state index in [1.54, 1.807) is 0 Å². The van der Waals surface area contributed by atoms with Crippen molar-refractivity contribution < 1.29 is 9.59 Å². The average molecular weight is 413 g/mol. The maximum atomic E-state index is 13.3. The quantitative estimate of drug-likeness (QED) is 0.655. The molecule has 1 aliphatic rings. The number of benzene rings is 3. The van der Waals surface area contributed by atoms with E-state index in [1.807, 2.05) is 60.7 Å². The smallest absolute Gasteiger partial charge is 0.240 e. The van der Waals surface area contributed by atoms with Crippen molar-refractivity contribution in [1.29, 1.82) is 0 Å². The molecule has 1 atom stereocenters. The van der Waals surface area contributed by atoms with Gasteiger partial charge < -0.3 is 11.1 Å². The van der Waals surface area contributed by atoms with Crippen molar-refractivity contribution in [3.05, 3.63) is 95.1 Å². The standard InChI is InChI=1S/C27H28N2O2/c1-27(2,3)18-14-12-17(13-15-18)16-23(25(28)30)29-26(31)24-21-10-6-4-8-19(21)20-9-5-7-11-22(20)24/h4-15,23-24H,16H2,1-3H3,(H2,28,30)(H,29,31)/t23-/m1/s1. The van der Waals surface area contributed by atoms with Gasteiger partial charge in [0.2, 0.25) is 11.8 Å². The minimum atomic E-state index is -0.770. The Hall–Kier alpha value is -3.40. The molecule has 0 heterocycles. The topological polar surface area (TPSA) is 72.2 Å². The third kappa shape index (κ3) is 4.11. The van der Waals surface area contributed by atoms with E-state index in [-0.39, 0.29) is 11.3 Å². The lowest BCUT2D eigenvalue weighted by Crippen LogP contribution is -2.47. The first-order valence-electron chi connectivity index (χ1n) is 10.6. The van der Waals surface area contributed by atoms with Gasteiger partial charge in [0, 0.05) is 6.42 Å². The fraction of sp³-hybridized carbons (Fsp3) is 0.259. The van der Waals surface area contributed by atoms with Crippen molar-refractivity contribution in [1.82, 2.24) is 5.32 Å². The van der Waals surface area contributed by atoms with E-state index in [1.165, 1.54) is 5.56 Å². The minimum Gasteiger partial charge on any atom is -0.368 e. The Morgan fingerprint density at radius 3 is 1.87 bits per heavy atom. The lowest BCUT2D eigenvalue weighted by Gasteiger charge is -2.21. The van der Waals surface area contributed by atoms with Crippen LogP contribution >= 0.6 is 0 Å². The fourth-order valence-electron chi connectivity index (χ4n) is 4.29. The van der Waals surface area contributed by atoms with Gasteiger partial charge in [-0.05, 0) is 38.8 Å². The third-order valence-corrected chi connectivity index (χ3v) is 6.02. The summed E-state index contributed by atoms with van der Waals surface area (Å²) in [5.74, 6) is -1.18. The monoisotopic (exact) mass is 412 g/mol. The molecule has 0 unspecified atom stereocenters. The van der Waals surface area contributed by atoms with Crippen LogP contribution in [-0.2, 0) is 21.4 Å². The molecule has 0 aromatic heterocycles. The minimum absolute atomic E-state index is 0.0547. The number of rotatable bonds is 5. The van der Waals surface area contributed by atoms with Crippen molar-refractivity contribution in [3.63, 3.8) is 0 Å². The van der Waals surface area contributed by atoms with Crippen LogP contribution in [0.4, 0.5) is 0 Å². The summed E-state index contributed by atoms with van der Waals surface area (Å²) in [7, 11) is 0. The highest BCUT2D eigenvalue weighted by molar-refractivity contribution is 5.98. The SMILES string of the molecule is CC(C)(C)c1ccc(C[C@@H](NC(=O)C2c3ccccc3-c3ccccc32)C(N)=O)cc1. The number of carbonyl (C=O) groups excluding carboxylic acids is 2. The Morgan fingerprint density at radius 1 is 0.871 bits per heavy atom. The number of nitrogens with one attached hydrogen (secondary N) is 1. The highest BCUT2D eigenvalue weighted by Gasteiger charge is 2.35. The van der Waals surface area contributed by atoms with Gasteiger partial charge in [0.15, 0.2) is 0 Å². The Morgan fingerprint density at radius 2 is 1.39 bits per heavy atom. The molecule has 0 fully saturated rings. The van der Waals surface area contributed by atoms with Gasteiger partial charge in [-0.15, -0.1) is 0 Å². The molecule has 0 saturated heterocycles. The molecule has 3 aromatic carbocycles. The van der Waals surface area contributed by atoms with Gasteiger partial charge in [-0.3, -0.25) is 9.59 Å². The number of carbonyl (C=O) groups is 2. The van der Waals surface area contributed by atoms with E-state index >= 15 is 0 Å². The van der Waals surface area contributed by atoms with Crippen molar-refractivity contribution >= 4 is 11.8 Å². The molecule has 0 radical (unpaired) electrons. The number of primary amides is 1. The molecule has 0 bridgehead atoms. The second-order valence-electron chi connectivity index (χ2n) is 9.22. The summed E-state index contributed by atoms with van der Waals surface area (Å²) in [6, 6.07) is 23.2. The number of hydrogen-bond donors (Lipinski definition) is 2. The molecule has 2 amide bonds.